The van der Waals surface area contributed by atoms with Crippen LogP contribution in [0, 0.1) is 5.92 Å². The minimum Gasteiger partial charge on any atom is -0.330 e. The van der Waals surface area contributed by atoms with E-state index in [1.165, 1.54) is 0 Å². The van der Waals surface area contributed by atoms with Crippen molar-refractivity contribution in [1.29, 1.82) is 0 Å². The summed E-state index contributed by atoms with van der Waals surface area (Å²) in [5, 5.41) is 0. The molecule has 6 nitrogen and oxygen atoms in total. The minimum atomic E-state index is -4.70. The molecule has 0 aromatic heterocycles. The van der Waals surface area contributed by atoms with Gasteiger partial charge in [0.2, 0.25) is 0 Å². The second-order valence-corrected chi connectivity index (χ2v) is 3.92. The van der Waals surface area contributed by atoms with Gasteiger partial charge in [0.05, 0.1) is 5.92 Å². The molecule has 0 heterocycles. The van der Waals surface area contributed by atoms with Crippen molar-refractivity contribution >= 4 is 16.4 Å². The largest absolute Gasteiger partial charge is 0.448 e. The van der Waals surface area contributed by atoms with Crippen molar-refractivity contribution in [1.82, 2.24) is 0 Å². The quantitative estimate of drug-likeness (QED) is 0.621. The van der Waals surface area contributed by atoms with Gasteiger partial charge in [-0.15, -0.1) is 0 Å². The number of carbonyl (C=O) groups is 1. The predicted molar refractivity (Wildman–Crippen MR) is 49.7 cm³/mol. The van der Waals surface area contributed by atoms with Gasteiger partial charge in [0.25, 0.3) is 0 Å². The zero-order valence-electron chi connectivity index (χ0n) is 7.97. The summed E-state index contributed by atoms with van der Waals surface area (Å²) in [6.07, 6.45) is 1.55. The van der Waals surface area contributed by atoms with Crippen LogP contribution in [0.3, 0.4) is 0 Å². The molecule has 0 saturated carbocycles. The van der Waals surface area contributed by atoms with Gasteiger partial charge < -0.3 is 9.92 Å². The molecule has 1 unspecified atom stereocenters. The molecule has 0 bridgehead atoms. The van der Waals surface area contributed by atoms with Gasteiger partial charge in [-0.25, -0.2) is 0 Å². The van der Waals surface area contributed by atoms with Crippen LogP contribution >= 0.6 is 0 Å². The maximum absolute atomic E-state index is 11.1. The Morgan fingerprint density at radius 3 is 2.43 bits per heavy atom. The van der Waals surface area contributed by atoms with Gasteiger partial charge in [-0.1, -0.05) is 13.3 Å². The Kier molecular flexibility index (Phi) is 5.66. The fourth-order valence-electron chi connectivity index (χ4n) is 1.10. The van der Waals surface area contributed by atoms with Gasteiger partial charge in [-0.2, -0.15) is 8.42 Å². The highest BCUT2D eigenvalue weighted by molar-refractivity contribution is 7.81. The van der Waals surface area contributed by atoms with Gasteiger partial charge in [0.15, 0.2) is 0 Å². The van der Waals surface area contributed by atoms with E-state index < -0.39 is 22.3 Å². The molecule has 84 valence electrons. The Bertz CT molecular complexity index is 268. The normalized spacial score (nSPS) is 13.6. The van der Waals surface area contributed by atoms with E-state index in [0.717, 1.165) is 0 Å². The van der Waals surface area contributed by atoms with Crippen LogP contribution in [-0.2, 0) is 19.4 Å². The maximum Gasteiger partial charge on any atom is 0.448 e. The molecule has 0 aromatic carbocycles. The lowest BCUT2D eigenvalue weighted by Gasteiger charge is -2.11. The van der Waals surface area contributed by atoms with Crippen molar-refractivity contribution in [3.8, 4) is 0 Å². The van der Waals surface area contributed by atoms with Crippen LogP contribution in [0.5, 0.6) is 0 Å². The van der Waals surface area contributed by atoms with Gasteiger partial charge in [0.1, 0.15) is 0 Å². The third-order valence-corrected chi connectivity index (χ3v) is 2.05. The Morgan fingerprint density at radius 1 is 1.50 bits per heavy atom. The second kappa shape index (κ2) is 5.94. The molecule has 0 rings (SSSR count). The first-order valence-corrected chi connectivity index (χ1v) is 5.68. The molecular weight excluding hydrogens is 210 g/mol. The first-order chi connectivity index (χ1) is 6.40. The minimum absolute atomic E-state index is 0.269. The first-order valence-electron chi connectivity index (χ1n) is 4.31. The molecule has 0 aliphatic rings. The Hall–Kier alpha value is -0.660. The van der Waals surface area contributed by atoms with Crippen molar-refractivity contribution in [3.05, 3.63) is 0 Å². The Balaban J connectivity index is 4.29. The van der Waals surface area contributed by atoms with E-state index in [4.69, 9.17) is 10.3 Å². The second-order valence-electron chi connectivity index (χ2n) is 2.89. The zero-order chi connectivity index (χ0) is 11.2. The van der Waals surface area contributed by atoms with Crippen LogP contribution in [-0.4, -0.2) is 25.5 Å². The fraction of sp³-hybridized carbons (Fsp3) is 0.857. The number of nitrogens with two attached hydrogens (primary N) is 1. The third-order valence-electron chi connectivity index (χ3n) is 1.67. The van der Waals surface area contributed by atoms with E-state index in [1.54, 1.807) is 0 Å². The fourth-order valence-corrected chi connectivity index (χ4v) is 1.45. The molecule has 0 radical (unpaired) electrons. The van der Waals surface area contributed by atoms with Crippen LogP contribution < -0.4 is 5.73 Å². The van der Waals surface area contributed by atoms with E-state index >= 15 is 0 Å². The Morgan fingerprint density at radius 2 is 2.07 bits per heavy atom. The summed E-state index contributed by atoms with van der Waals surface area (Å²) in [7, 11) is -4.70. The highest BCUT2D eigenvalue weighted by atomic mass is 32.3. The van der Waals surface area contributed by atoms with Gasteiger partial charge in [-0.3, -0.25) is 9.35 Å². The molecule has 3 N–H and O–H groups in total. The van der Waals surface area contributed by atoms with Crippen LogP contribution in [0.1, 0.15) is 26.2 Å². The molecule has 1 atom stereocenters. The van der Waals surface area contributed by atoms with Gasteiger partial charge in [0, 0.05) is 0 Å². The van der Waals surface area contributed by atoms with Crippen molar-refractivity contribution in [2.45, 2.75) is 26.2 Å². The highest BCUT2D eigenvalue weighted by Gasteiger charge is 2.22. The standard InChI is InChI=1S/C7H15NO5S/c1-2-3-6(4-5-8)7(9)13-14(10,11)12/h6H,2-5,8H2,1H3,(H,10,11,12). The van der Waals surface area contributed by atoms with Crippen molar-refractivity contribution in [2.24, 2.45) is 11.7 Å². The van der Waals surface area contributed by atoms with E-state index in [2.05, 4.69) is 4.18 Å². The molecule has 7 heteroatoms. The lowest BCUT2D eigenvalue weighted by atomic mass is 10.0. The average molecular weight is 225 g/mol. The Labute approximate surface area is 83.4 Å². The summed E-state index contributed by atoms with van der Waals surface area (Å²) < 4.78 is 32.6. The average Bonchev–Trinajstić information content (AvgIpc) is 2.01. The van der Waals surface area contributed by atoms with Crippen LogP contribution in [0.2, 0.25) is 0 Å². The molecular formula is C7H15NO5S. The highest BCUT2D eigenvalue weighted by Crippen LogP contribution is 2.13. The zero-order valence-corrected chi connectivity index (χ0v) is 8.79. The molecule has 0 aliphatic heterocycles. The van der Waals surface area contributed by atoms with Crippen molar-refractivity contribution in [3.63, 3.8) is 0 Å². The lowest BCUT2D eigenvalue weighted by molar-refractivity contribution is -0.139. The molecule has 0 amide bonds. The molecule has 0 aromatic rings. The smallest absolute Gasteiger partial charge is 0.330 e. The summed E-state index contributed by atoms with van der Waals surface area (Å²) in [6, 6.07) is 0. The predicted octanol–water partition coefficient (Wildman–Crippen LogP) is 0.0975. The van der Waals surface area contributed by atoms with Crippen molar-refractivity contribution < 1.29 is 21.9 Å². The van der Waals surface area contributed by atoms with E-state index in [0.29, 0.717) is 19.3 Å². The van der Waals surface area contributed by atoms with Crippen LogP contribution in [0.25, 0.3) is 0 Å². The van der Waals surface area contributed by atoms with Gasteiger partial charge in [-0.05, 0) is 19.4 Å². The summed E-state index contributed by atoms with van der Waals surface area (Å²) >= 11 is 0. The lowest BCUT2D eigenvalue weighted by Crippen LogP contribution is -2.23. The van der Waals surface area contributed by atoms with Gasteiger partial charge >= 0.3 is 16.4 Å². The summed E-state index contributed by atoms with van der Waals surface area (Å²) in [5.41, 5.74) is 5.24. The molecule has 0 saturated heterocycles. The molecule has 0 aliphatic carbocycles. The summed E-state index contributed by atoms with van der Waals surface area (Å²) in [6.45, 7) is 2.12. The van der Waals surface area contributed by atoms with Crippen LogP contribution in [0.4, 0.5) is 0 Å². The number of hydrogen-bond donors (Lipinski definition) is 2. The van der Waals surface area contributed by atoms with Crippen molar-refractivity contribution in [2.75, 3.05) is 6.54 Å². The van der Waals surface area contributed by atoms with E-state index in [-0.39, 0.29) is 6.54 Å². The first kappa shape index (κ1) is 13.3. The van der Waals surface area contributed by atoms with E-state index in [9.17, 15) is 13.2 Å². The number of carbonyl (C=O) groups excluding carboxylic acids is 1. The van der Waals surface area contributed by atoms with Crippen LogP contribution in [0.15, 0.2) is 0 Å². The molecule has 14 heavy (non-hydrogen) atoms. The summed E-state index contributed by atoms with van der Waals surface area (Å²) in [5.74, 6) is -1.51. The summed E-state index contributed by atoms with van der Waals surface area (Å²) in [4.78, 5) is 11.1. The third kappa shape index (κ3) is 5.90. The number of hydrogen-bond acceptors (Lipinski definition) is 5. The number of rotatable bonds is 6. The SMILES string of the molecule is CCCC(CCN)C(=O)OS(=O)(=O)O. The molecule has 0 spiro atoms. The maximum atomic E-state index is 11.1. The molecule has 0 fully saturated rings. The monoisotopic (exact) mass is 225 g/mol. The van der Waals surface area contributed by atoms with E-state index in [1.807, 2.05) is 6.92 Å². The topological polar surface area (TPSA) is 107 Å².